The number of nitrogens with zero attached hydrogens (tertiary/aromatic N) is 1. The third-order valence-electron chi connectivity index (χ3n) is 5.72. The zero-order valence-corrected chi connectivity index (χ0v) is 23.0. The van der Waals surface area contributed by atoms with Gasteiger partial charge in [0.1, 0.15) is 17.5 Å². The number of fused-ring (bicyclic) bond motifs is 1. The Bertz CT molecular complexity index is 1450. The fourth-order valence-corrected chi connectivity index (χ4v) is 6.70. The van der Waals surface area contributed by atoms with E-state index in [-0.39, 0.29) is 43.7 Å². The zero-order chi connectivity index (χ0) is 27.9. The largest absolute Gasteiger partial charge is 0.494 e. The first-order valence-electron chi connectivity index (χ1n) is 11.8. The molecule has 0 saturated heterocycles. The smallest absolute Gasteiger partial charge is 0.412 e. The lowest BCUT2D eigenvalue weighted by Gasteiger charge is -2.36. The van der Waals surface area contributed by atoms with Crippen LogP contribution in [0.3, 0.4) is 0 Å². The van der Waals surface area contributed by atoms with Crippen LogP contribution in [0.1, 0.15) is 36.5 Å². The summed E-state index contributed by atoms with van der Waals surface area (Å²) in [6.07, 6.45) is -0.453. The Morgan fingerprint density at radius 3 is 2.50 bits per heavy atom. The summed E-state index contributed by atoms with van der Waals surface area (Å²) in [4.78, 5) is 12.0. The minimum atomic E-state index is -4.30. The Morgan fingerprint density at radius 1 is 1.16 bits per heavy atom. The summed E-state index contributed by atoms with van der Waals surface area (Å²) in [5.41, 5.74) is -0.408. The lowest BCUT2D eigenvalue weighted by molar-refractivity contribution is 0.0636. The molecule has 11 nitrogen and oxygen atoms in total. The molecule has 0 radical (unpaired) electrons. The number of methoxy groups -OCH3 is 1. The summed E-state index contributed by atoms with van der Waals surface area (Å²) in [5, 5.41) is 2.11. The topological polar surface area (TPSA) is 140 Å². The molecule has 0 spiro atoms. The minimum absolute atomic E-state index is 0. The van der Waals surface area contributed by atoms with Gasteiger partial charge in [-0.05, 0) is 63.9 Å². The van der Waals surface area contributed by atoms with Crippen molar-refractivity contribution in [3.63, 3.8) is 0 Å². The van der Waals surface area contributed by atoms with Crippen LogP contribution in [-0.4, -0.2) is 60.1 Å². The van der Waals surface area contributed by atoms with Gasteiger partial charge < -0.3 is 14.2 Å². The van der Waals surface area contributed by atoms with Gasteiger partial charge in [-0.2, -0.15) is 0 Å². The molecule has 14 heteroatoms. The van der Waals surface area contributed by atoms with Crippen molar-refractivity contribution in [3.05, 3.63) is 42.2 Å². The highest BCUT2D eigenvalue weighted by Crippen LogP contribution is 2.39. The van der Waals surface area contributed by atoms with Crippen LogP contribution in [0.5, 0.6) is 11.5 Å². The van der Waals surface area contributed by atoms with Crippen LogP contribution in [0.4, 0.5) is 20.6 Å². The van der Waals surface area contributed by atoms with E-state index in [2.05, 4.69) is 10.0 Å². The number of hydrogen-bond acceptors (Lipinski definition) is 8. The van der Waals surface area contributed by atoms with Crippen LogP contribution in [0, 0.1) is 5.82 Å². The highest BCUT2D eigenvalue weighted by molar-refractivity contribution is 7.92. The van der Waals surface area contributed by atoms with Crippen LogP contribution >= 0.6 is 0 Å². The number of hydrogen-bond donors (Lipinski definition) is 2. The molecule has 2 N–H and O–H groups in total. The second-order valence-corrected chi connectivity index (χ2v) is 13.9. The number of carbonyl (C=O) groups excluding carboxylic acids is 1. The molecule has 38 heavy (non-hydrogen) atoms. The van der Waals surface area contributed by atoms with Gasteiger partial charge in [0, 0.05) is 21.2 Å². The van der Waals surface area contributed by atoms with E-state index >= 15 is 0 Å². The van der Waals surface area contributed by atoms with Crippen LogP contribution in [-0.2, 0) is 24.8 Å². The van der Waals surface area contributed by atoms with E-state index < -0.39 is 48.9 Å². The number of nitrogens with one attached hydrogen (secondary N) is 2. The van der Waals surface area contributed by atoms with Gasteiger partial charge in [0.25, 0.3) is 10.0 Å². The second kappa shape index (κ2) is 10.2. The molecule has 1 saturated carbocycles. The molecule has 2 aromatic carbocycles. The van der Waals surface area contributed by atoms with Gasteiger partial charge in [0.15, 0.2) is 11.6 Å². The molecule has 1 amide bonds. The zero-order valence-electron chi connectivity index (χ0n) is 21.4. The molecule has 4 rings (SSSR count). The van der Waals surface area contributed by atoms with E-state index in [0.717, 1.165) is 22.5 Å². The SMILES string of the molecule is COc1cc(S(=O)(=O)N2C[C@H](CNS(=O)(=O)C3CC3)Oc3ccc(NC(=O)OC(C)(C)C)cc32)ccc1F.[HH].[HH]. The molecule has 1 fully saturated rings. The second-order valence-electron chi connectivity index (χ2n) is 9.97. The van der Waals surface area contributed by atoms with Gasteiger partial charge in [-0.1, -0.05) is 0 Å². The number of carbonyl (C=O) groups is 1. The first kappa shape index (κ1) is 27.9. The summed E-state index contributed by atoms with van der Waals surface area (Å²) in [7, 11) is -6.62. The molecule has 0 unspecified atom stereocenters. The van der Waals surface area contributed by atoms with Gasteiger partial charge >= 0.3 is 6.09 Å². The molecule has 212 valence electrons. The molecule has 0 bridgehead atoms. The summed E-state index contributed by atoms with van der Waals surface area (Å²) in [6.45, 7) is 4.70. The van der Waals surface area contributed by atoms with Crippen LogP contribution in [0.15, 0.2) is 41.3 Å². The van der Waals surface area contributed by atoms with Gasteiger partial charge in [-0.3, -0.25) is 9.62 Å². The average Bonchev–Trinajstić information content (AvgIpc) is 3.67. The monoisotopic (exact) mass is 575 g/mol. The predicted octanol–water partition coefficient (Wildman–Crippen LogP) is 3.71. The molecular formula is C24H34FN3O8S2. The maximum atomic E-state index is 14.0. The molecule has 1 aliphatic carbocycles. The van der Waals surface area contributed by atoms with Crippen LogP contribution < -0.4 is 23.8 Å². The third-order valence-corrected chi connectivity index (χ3v) is 9.42. The number of amides is 1. The first-order valence-corrected chi connectivity index (χ1v) is 14.8. The van der Waals surface area contributed by atoms with E-state index in [1.807, 2.05) is 0 Å². The van der Waals surface area contributed by atoms with Crippen molar-refractivity contribution < 1.29 is 43.1 Å². The quantitative estimate of drug-likeness (QED) is 0.486. The fourth-order valence-electron chi connectivity index (χ4n) is 3.78. The van der Waals surface area contributed by atoms with Crippen molar-refractivity contribution in [2.75, 3.05) is 29.8 Å². The summed E-state index contributed by atoms with van der Waals surface area (Å²) < 4.78 is 85.9. The predicted molar refractivity (Wildman–Crippen MR) is 142 cm³/mol. The Balaban J connectivity index is 0.00000280. The van der Waals surface area contributed by atoms with E-state index in [1.54, 1.807) is 20.8 Å². The van der Waals surface area contributed by atoms with E-state index in [9.17, 15) is 26.0 Å². The number of ether oxygens (including phenoxy) is 3. The molecule has 1 atom stereocenters. The number of rotatable bonds is 8. The fraction of sp³-hybridized carbons (Fsp3) is 0.458. The molecule has 2 aromatic rings. The number of halogens is 1. The average molecular weight is 576 g/mol. The number of benzene rings is 2. The Kier molecular flexibility index (Phi) is 7.51. The van der Waals surface area contributed by atoms with Crippen molar-refractivity contribution in [3.8, 4) is 11.5 Å². The summed E-state index contributed by atoms with van der Waals surface area (Å²) >= 11 is 0. The highest BCUT2D eigenvalue weighted by atomic mass is 32.2. The Morgan fingerprint density at radius 2 is 1.87 bits per heavy atom. The molecule has 2 aliphatic rings. The highest BCUT2D eigenvalue weighted by Gasteiger charge is 2.39. The maximum Gasteiger partial charge on any atom is 0.412 e. The lowest BCUT2D eigenvalue weighted by atomic mass is 10.2. The minimum Gasteiger partial charge on any atom is -0.494 e. The number of anilines is 2. The Labute approximate surface area is 224 Å². The van der Waals surface area contributed by atoms with Crippen molar-refractivity contribution in [2.45, 2.75) is 55.5 Å². The van der Waals surface area contributed by atoms with Crippen molar-refractivity contribution >= 4 is 37.5 Å². The van der Waals surface area contributed by atoms with E-state index in [0.29, 0.717) is 12.8 Å². The maximum absolute atomic E-state index is 14.0. The van der Waals surface area contributed by atoms with Crippen molar-refractivity contribution in [1.82, 2.24) is 4.72 Å². The van der Waals surface area contributed by atoms with Crippen LogP contribution in [0.25, 0.3) is 0 Å². The molecule has 1 heterocycles. The van der Waals surface area contributed by atoms with Gasteiger partial charge in [-0.25, -0.2) is 30.7 Å². The van der Waals surface area contributed by atoms with Crippen LogP contribution in [0.2, 0.25) is 0 Å². The molecular weight excluding hydrogens is 541 g/mol. The van der Waals surface area contributed by atoms with Crippen molar-refractivity contribution in [1.29, 1.82) is 0 Å². The van der Waals surface area contributed by atoms with Gasteiger partial charge in [-0.15, -0.1) is 0 Å². The summed E-state index contributed by atoms with van der Waals surface area (Å²) in [5.74, 6) is -0.835. The lowest BCUT2D eigenvalue weighted by Crippen LogP contribution is -2.48. The number of sulfonamides is 2. The van der Waals surface area contributed by atoms with Gasteiger partial charge in [0.2, 0.25) is 10.0 Å². The third kappa shape index (κ3) is 6.30. The molecule has 0 aromatic heterocycles. The summed E-state index contributed by atoms with van der Waals surface area (Å²) in [6, 6.07) is 7.53. The van der Waals surface area contributed by atoms with Crippen molar-refractivity contribution in [2.24, 2.45) is 0 Å². The van der Waals surface area contributed by atoms with E-state index in [1.165, 1.54) is 25.3 Å². The van der Waals surface area contributed by atoms with E-state index in [4.69, 9.17) is 14.2 Å². The first-order chi connectivity index (χ1) is 17.7. The van der Waals surface area contributed by atoms with Gasteiger partial charge in [0.05, 0.1) is 29.5 Å². The normalized spacial score (nSPS) is 17.8. The standard InChI is InChI=1S/C24H30FN3O8S2.2H2/c1-24(2,3)36-23(29)27-15-5-10-21-20(11-15)28(14-16(35-21)13-26-37(30,31)17-6-7-17)38(32,33)18-8-9-19(25)22(12-18)34-4;;/h5,8-12,16-17,26H,6-7,13-14H2,1-4H3,(H,27,29);2*1H/t16-;;/m0../s1. The molecule has 1 aliphatic heterocycles. The Hall–Kier alpha value is -3.10.